The van der Waals surface area contributed by atoms with E-state index in [1.54, 1.807) is 7.05 Å². The van der Waals surface area contributed by atoms with E-state index in [0.717, 1.165) is 37.6 Å². The lowest BCUT2D eigenvalue weighted by Crippen LogP contribution is -2.41. The van der Waals surface area contributed by atoms with Gasteiger partial charge in [0, 0.05) is 38.9 Å². The first-order valence-corrected chi connectivity index (χ1v) is 9.96. The van der Waals surface area contributed by atoms with Gasteiger partial charge in [-0.3, -0.25) is 4.99 Å². The number of benzene rings is 1. The molecule has 2 unspecified atom stereocenters. The van der Waals surface area contributed by atoms with E-state index in [-0.39, 0.29) is 30.1 Å². The van der Waals surface area contributed by atoms with Crippen LogP contribution in [0.1, 0.15) is 30.2 Å². The summed E-state index contributed by atoms with van der Waals surface area (Å²) in [5.41, 5.74) is 2.23. The summed E-state index contributed by atoms with van der Waals surface area (Å²) in [7, 11) is 3.66. The van der Waals surface area contributed by atoms with Crippen molar-refractivity contribution in [2.24, 2.45) is 18.0 Å². The monoisotopic (exact) mass is 536 g/mol. The van der Waals surface area contributed by atoms with E-state index < -0.39 is 0 Å². The average Bonchev–Trinajstić information content (AvgIpc) is 2.96. The zero-order valence-electron chi connectivity index (χ0n) is 16.1. The SMILES string of the molecule is CN=C(NCc1cc(Cl)c(Cl)n1C)NCC1CCCOC1c1ccccc1.I. The van der Waals surface area contributed by atoms with Crippen LogP contribution in [0.5, 0.6) is 0 Å². The van der Waals surface area contributed by atoms with Crippen LogP contribution in [0.25, 0.3) is 0 Å². The second-order valence-electron chi connectivity index (χ2n) is 6.74. The van der Waals surface area contributed by atoms with Gasteiger partial charge in [-0.1, -0.05) is 53.5 Å². The van der Waals surface area contributed by atoms with Crippen molar-refractivity contribution in [3.63, 3.8) is 0 Å². The van der Waals surface area contributed by atoms with Crippen LogP contribution in [0, 0.1) is 5.92 Å². The smallest absolute Gasteiger partial charge is 0.191 e. The van der Waals surface area contributed by atoms with Crippen molar-refractivity contribution in [2.45, 2.75) is 25.5 Å². The highest BCUT2D eigenvalue weighted by atomic mass is 127. The van der Waals surface area contributed by atoms with Crippen LogP contribution in [0.15, 0.2) is 41.4 Å². The lowest BCUT2D eigenvalue weighted by Gasteiger charge is -2.32. The van der Waals surface area contributed by atoms with Crippen LogP contribution in [0.3, 0.4) is 0 Å². The Morgan fingerprint density at radius 2 is 2.00 bits per heavy atom. The third kappa shape index (κ3) is 5.78. The Bertz CT molecular complexity index is 782. The Kier molecular flexibility index (Phi) is 9.40. The van der Waals surface area contributed by atoms with Gasteiger partial charge in [0.15, 0.2) is 5.96 Å². The number of nitrogens with one attached hydrogen (secondary N) is 2. The van der Waals surface area contributed by atoms with Crippen LogP contribution in [-0.2, 0) is 18.3 Å². The zero-order chi connectivity index (χ0) is 19.2. The molecule has 1 aliphatic heterocycles. The quantitative estimate of drug-likeness (QED) is 0.328. The molecule has 0 bridgehead atoms. The van der Waals surface area contributed by atoms with E-state index in [1.165, 1.54) is 5.56 Å². The van der Waals surface area contributed by atoms with Crippen molar-refractivity contribution in [3.8, 4) is 0 Å². The number of halogens is 3. The maximum Gasteiger partial charge on any atom is 0.191 e. The summed E-state index contributed by atoms with van der Waals surface area (Å²) in [6.45, 7) is 2.21. The fourth-order valence-corrected chi connectivity index (χ4v) is 3.86. The molecule has 0 radical (unpaired) electrons. The first-order valence-electron chi connectivity index (χ1n) is 9.20. The summed E-state index contributed by atoms with van der Waals surface area (Å²) >= 11 is 12.2. The Morgan fingerprint density at radius 1 is 1.25 bits per heavy atom. The standard InChI is InChI=1S/C20H26Cl2N4O.HI/c1-23-20(25-13-16-11-17(21)19(22)26(16)2)24-12-15-9-6-10-27-18(15)14-7-4-3-5-8-14;/h3-5,7-8,11,15,18H,6,9-10,12-13H2,1-2H3,(H2,23,24,25);1H. The molecule has 0 spiro atoms. The maximum absolute atomic E-state index is 6.13. The molecule has 28 heavy (non-hydrogen) atoms. The molecule has 0 aliphatic carbocycles. The lowest BCUT2D eigenvalue weighted by atomic mass is 9.89. The molecule has 1 fully saturated rings. The number of rotatable bonds is 5. The second-order valence-corrected chi connectivity index (χ2v) is 7.51. The average molecular weight is 537 g/mol. The molecule has 2 heterocycles. The summed E-state index contributed by atoms with van der Waals surface area (Å²) < 4.78 is 7.94. The Morgan fingerprint density at radius 3 is 2.64 bits per heavy atom. The minimum absolute atomic E-state index is 0. The number of guanidine groups is 1. The maximum atomic E-state index is 6.13. The summed E-state index contributed by atoms with van der Waals surface area (Å²) in [5.74, 6) is 1.15. The van der Waals surface area contributed by atoms with Crippen LogP contribution >= 0.6 is 47.2 Å². The predicted molar refractivity (Wildman–Crippen MR) is 127 cm³/mol. The highest BCUT2D eigenvalue weighted by Gasteiger charge is 2.27. The fourth-order valence-electron chi connectivity index (χ4n) is 3.44. The molecule has 3 rings (SSSR count). The van der Waals surface area contributed by atoms with Gasteiger partial charge < -0.3 is 19.9 Å². The van der Waals surface area contributed by atoms with Gasteiger partial charge in [-0.05, 0) is 24.5 Å². The molecule has 2 N–H and O–H groups in total. The van der Waals surface area contributed by atoms with E-state index in [0.29, 0.717) is 22.6 Å². The Balaban J connectivity index is 0.00000280. The van der Waals surface area contributed by atoms with Gasteiger partial charge in [0.05, 0.1) is 17.7 Å². The molecule has 1 aromatic heterocycles. The highest BCUT2D eigenvalue weighted by Crippen LogP contribution is 2.33. The number of hydrogen-bond donors (Lipinski definition) is 2. The first kappa shape index (κ1) is 23.3. The number of hydrogen-bond acceptors (Lipinski definition) is 2. The van der Waals surface area contributed by atoms with Crippen molar-refractivity contribution >= 4 is 53.1 Å². The summed E-state index contributed by atoms with van der Waals surface area (Å²) in [4.78, 5) is 4.32. The highest BCUT2D eigenvalue weighted by molar-refractivity contribution is 14.0. The second kappa shape index (κ2) is 11.3. The summed E-state index contributed by atoms with van der Waals surface area (Å²) in [6.07, 6.45) is 2.34. The van der Waals surface area contributed by atoms with Gasteiger partial charge in [-0.15, -0.1) is 24.0 Å². The Hall–Kier alpha value is -0.960. The van der Waals surface area contributed by atoms with E-state index in [4.69, 9.17) is 27.9 Å². The molecule has 0 saturated carbocycles. The summed E-state index contributed by atoms with van der Waals surface area (Å²) in [6, 6.07) is 12.3. The van der Waals surface area contributed by atoms with Gasteiger partial charge in [0.25, 0.3) is 0 Å². The topological polar surface area (TPSA) is 50.6 Å². The molecule has 1 aromatic carbocycles. The molecule has 1 saturated heterocycles. The molecule has 0 amide bonds. The predicted octanol–water partition coefficient (Wildman–Crippen LogP) is 4.78. The van der Waals surface area contributed by atoms with E-state index in [9.17, 15) is 0 Å². The molecule has 2 atom stereocenters. The van der Waals surface area contributed by atoms with Gasteiger partial charge in [-0.2, -0.15) is 0 Å². The third-order valence-electron chi connectivity index (χ3n) is 4.98. The molecular weight excluding hydrogens is 510 g/mol. The number of nitrogens with zero attached hydrogens (tertiary/aromatic N) is 2. The Labute approximate surface area is 193 Å². The fraction of sp³-hybridized carbons (Fsp3) is 0.450. The van der Waals surface area contributed by atoms with Gasteiger partial charge >= 0.3 is 0 Å². The molecule has 5 nitrogen and oxygen atoms in total. The van der Waals surface area contributed by atoms with Crippen LogP contribution < -0.4 is 10.6 Å². The zero-order valence-corrected chi connectivity index (χ0v) is 20.0. The molecule has 8 heteroatoms. The largest absolute Gasteiger partial charge is 0.373 e. The lowest BCUT2D eigenvalue weighted by molar-refractivity contribution is -0.0265. The summed E-state index contributed by atoms with van der Waals surface area (Å²) in [5, 5.41) is 7.86. The van der Waals surface area contributed by atoms with Crippen molar-refractivity contribution in [2.75, 3.05) is 20.2 Å². The van der Waals surface area contributed by atoms with Crippen molar-refractivity contribution < 1.29 is 4.74 Å². The van der Waals surface area contributed by atoms with Crippen LogP contribution in [0.2, 0.25) is 10.2 Å². The van der Waals surface area contributed by atoms with Gasteiger partial charge in [0.2, 0.25) is 0 Å². The van der Waals surface area contributed by atoms with Crippen LogP contribution in [0.4, 0.5) is 0 Å². The molecule has 2 aromatic rings. The van der Waals surface area contributed by atoms with E-state index in [2.05, 4.69) is 39.9 Å². The van der Waals surface area contributed by atoms with Crippen molar-refractivity contribution in [1.29, 1.82) is 0 Å². The van der Waals surface area contributed by atoms with Crippen molar-refractivity contribution in [1.82, 2.24) is 15.2 Å². The van der Waals surface area contributed by atoms with Crippen LogP contribution in [-0.4, -0.2) is 30.7 Å². The minimum atomic E-state index is 0. The number of aromatic nitrogens is 1. The number of ether oxygens (including phenoxy) is 1. The van der Waals surface area contributed by atoms with Crippen molar-refractivity contribution in [3.05, 3.63) is 57.8 Å². The first-order chi connectivity index (χ1) is 13.1. The van der Waals surface area contributed by atoms with Gasteiger partial charge in [0.1, 0.15) is 5.15 Å². The third-order valence-corrected chi connectivity index (χ3v) is 5.82. The van der Waals surface area contributed by atoms with Gasteiger partial charge in [-0.25, -0.2) is 0 Å². The van der Waals surface area contributed by atoms with E-state index >= 15 is 0 Å². The normalized spacial score (nSPS) is 19.8. The minimum Gasteiger partial charge on any atom is -0.373 e. The molecular formula is C20H27Cl2IN4O. The van der Waals surface area contributed by atoms with E-state index in [1.807, 2.05) is 23.7 Å². The molecule has 154 valence electrons. The number of aliphatic imine (C=N–C) groups is 1. The molecule has 1 aliphatic rings.